The van der Waals surface area contributed by atoms with E-state index in [0.717, 1.165) is 41.8 Å². The van der Waals surface area contributed by atoms with Crippen LogP contribution in [0.2, 0.25) is 0 Å². The number of carbonyl (C=O) groups excluding carboxylic acids is 1. The molecule has 0 aliphatic heterocycles. The van der Waals surface area contributed by atoms with Crippen LogP contribution >= 0.6 is 11.3 Å². The number of aromatic nitrogens is 1. The van der Waals surface area contributed by atoms with Gasteiger partial charge in [-0.15, -0.1) is 11.3 Å². The van der Waals surface area contributed by atoms with E-state index in [9.17, 15) is 9.59 Å². The van der Waals surface area contributed by atoms with Crippen molar-refractivity contribution in [2.24, 2.45) is 0 Å². The maximum Gasteiger partial charge on any atom is 0.355 e. The zero-order chi connectivity index (χ0) is 18.6. The smallest absolute Gasteiger partial charge is 0.355 e. The highest BCUT2D eigenvalue weighted by Gasteiger charge is 2.41. The summed E-state index contributed by atoms with van der Waals surface area (Å²) in [6, 6.07) is 8.17. The van der Waals surface area contributed by atoms with Crippen molar-refractivity contribution in [1.82, 2.24) is 10.3 Å². The number of benzene rings is 1. The molecule has 0 atom stereocenters. The van der Waals surface area contributed by atoms with Crippen LogP contribution in [0.4, 0.5) is 0 Å². The number of nitrogens with zero attached hydrogens (tertiary/aromatic N) is 1. The molecular formula is C20H24N2O3S. The van der Waals surface area contributed by atoms with E-state index in [2.05, 4.69) is 29.4 Å². The van der Waals surface area contributed by atoms with Gasteiger partial charge >= 0.3 is 5.97 Å². The second-order valence-electron chi connectivity index (χ2n) is 6.90. The van der Waals surface area contributed by atoms with Crippen LogP contribution in [0.1, 0.15) is 58.7 Å². The van der Waals surface area contributed by atoms with Crippen LogP contribution in [0.15, 0.2) is 29.6 Å². The molecule has 2 N–H and O–H groups in total. The molecule has 5 nitrogen and oxygen atoms in total. The van der Waals surface area contributed by atoms with Gasteiger partial charge < -0.3 is 10.4 Å². The second-order valence-corrected chi connectivity index (χ2v) is 7.84. The number of hydrogen-bond acceptors (Lipinski definition) is 4. The minimum atomic E-state index is -1.02. The number of carbonyl (C=O) groups is 2. The van der Waals surface area contributed by atoms with Crippen molar-refractivity contribution < 1.29 is 14.7 Å². The van der Waals surface area contributed by atoms with E-state index < -0.39 is 11.4 Å². The molecule has 6 heteroatoms. The average molecular weight is 372 g/mol. The molecule has 1 aromatic carbocycles. The number of aryl methyl sites for hydroxylation is 1. The van der Waals surface area contributed by atoms with Crippen LogP contribution in [0.3, 0.4) is 0 Å². The maximum atomic E-state index is 13.2. The Kier molecular flexibility index (Phi) is 5.71. The molecule has 0 unspecified atom stereocenters. The molecule has 1 aromatic heterocycles. The van der Waals surface area contributed by atoms with Gasteiger partial charge in [-0.1, -0.05) is 43.5 Å². The summed E-state index contributed by atoms with van der Waals surface area (Å²) in [5.74, 6) is -0.932. The van der Waals surface area contributed by atoms with E-state index in [0.29, 0.717) is 13.0 Å². The summed E-state index contributed by atoms with van der Waals surface area (Å²) in [7, 11) is 0. The molecule has 2 aromatic rings. The summed E-state index contributed by atoms with van der Waals surface area (Å²) in [5, 5.41) is 14.3. The topological polar surface area (TPSA) is 79.3 Å². The molecule has 0 saturated heterocycles. The highest BCUT2D eigenvalue weighted by atomic mass is 32.1. The Morgan fingerprint density at radius 1 is 1.23 bits per heavy atom. The Bertz CT molecular complexity index is 794. The molecular weight excluding hydrogens is 348 g/mol. The Morgan fingerprint density at radius 2 is 1.96 bits per heavy atom. The third-order valence-electron chi connectivity index (χ3n) is 5.20. The summed E-state index contributed by atoms with van der Waals surface area (Å²) < 4.78 is 0. The second kappa shape index (κ2) is 7.99. The number of aromatic carboxylic acids is 1. The Morgan fingerprint density at radius 3 is 2.62 bits per heavy atom. The largest absolute Gasteiger partial charge is 0.476 e. The fourth-order valence-electron chi connectivity index (χ4n) is 3.86. The van der Waals surface area contributed by atoms with Crippen molar-refractivity contribution in [3.63, 3.8) is 0 Å². The molecule has 1 saturated carbocycles. The number of carboxylic acids is 1. The molecule has 26 heavy (non-hydrogen) atoms. The first-order valence-electron chi connectivity index (χ1n) is 9.05. The van der Waals surface area contributed by atoms with Gasteiger partial charge in [-0.05, 0) is 30.9 Å². The fraction of sp³-hybridized carbons (Fsp3) is 0.450. The summed E-state index contributed by atoms with van der Waals surface area (Å²) in [6.07, 6.45) is 5.62. The molecule has 1 amide bonds. The molecule has 0 bridgehead atoms. The molecule has 3 rings (SSSR count). The van der Waals surface area contributed by atoms with Gasteiger partial charge in [0.1, 0.15) is 0 Å². The van der Waals surface area contributed by atoms with Gasteiger partial charge in [0, 0.05) is 18.3 Å². The fourth-order valence-corrected chi connectivity index (χ4v) is 4.63. The predicted octanol–water partition coefficient (Wildman–Crippen LogP) is 3.71. The summed E-state index contributed by atoms with van der Waals surface area (Å²) in [5.41, 5.74) is 1.92. The van der Waals surface area contributed by atoms with Crippen LogP contribution < -0.4 is 5.32 Å². The minimum absolute atomic E-state index is 0.0694. The molecule has 0 radical (unpaired) electrons. The van der Waals surface area contributed by atoms with Crippen molar-refractivity contribution in [2.75, 3.05) is 6.54 Å². The van der Waals surface area contributed by atoms with Crippen molar-refractivity contribution in [3.8, 4) is 0 Å². The lowest BCUT2D eigenvalue weighted by molar-refractivity contribution is -0.128. The summed E-state index contributed by atoms with van der Waals surface area (Å²) in [4.78, 5) is 28.1. The molecule has 1 aliphatic carbocycles. The lowest BCUT2D eigenvalue weighted by Gasteiger charge is -2.37. The van der Waals surface area contributed by atoms with Gasteiger partial charge in [-0.25, -0.2) is 9.78 Å². The first kappa shape index (κ1) is 18.6. The van der Waals surface area contributed by atoms with E-state index in [1.54, 1.807) is 0 Å². The van der Waals surface area contributed by atoms with Crippen LogP contribution in [0.25, 0.3) is 0 Å². The molecule has 138 valence electrons. The number of nitrogens with one attached hydrogen (secondary N) is 1. The molecule has 1 aliphatic rings. The zero-order valence-corrected chi connectivity index (χ0v) is 15.8. The maximum absolute atomic E-state index is 13.2. The van der Waals surface area contributed by atoms with Gasteiger partial charge in [0.15, 0.2) is 5.69 Å². The monoisotopic (exact) mass is 372 g/mol. The van der Waals surface area contributed by atoms with E-state index in [-0.39, 0.29) is 11.6 Å². The van der Waals surface area contributed by atoms with Crippen molar-refractivity contribution in [2.45, 2.75) is 50.9 Å². The summed E-state index contributed by atoms with van der Waals surface area (Å²) >= 11 is 1.32. The van der Waals surface area contributed by atoms with Crippen molar-refractivity contribution >= 4 is 23.2 Å². The van der Waals surface area contributed by atoms with Crippen LogP contribution in [-0.2, 0) is 16.6 Å². The van der Waals surface area contributed by atoms with Crippen LogP contribution in [0.5, 0.6) is 0 Å². The first-order chi connectivity index (χ1) is 12.5. The van der Waals surface area contributed by atoms with Gasteiger partial charge in [0.05, 0.1) is 10.4 Å². The Hall–Kier alpha value is -2.21. The van der Waals surface area contributed by atoms with Gasteiger partial charge in [-0.3, -0.25) is 4.79 Å². The number of carboxylic acid groups (broad SMARTS) is 1. The van der Waals surface area contributed by atoms with E-state index in [4.69, 9.17) is 5.11 Å². The number of thiazole rings is 1. The molecule has 0 spiro atoms. The van der Waals surface area contributed by atoms with Gasteiger partial charge in [0.25, 0.3) is 0 Å². The lowest BCUT2D eigenvalue weighted by atomic mass is 9.67. The average Bonchev–Trinajstić information content (AvgIpc) is 3.12. The third kappa shape index (κ3) is 3.80. The number of hydrogen-bond donors (Lipinski definition) is 2. The Labute approximate surface area is 157 Å². The SMILES string of the molecule is Cc1ccccc1C1(C(=O)NCCc2nc(C(=O)O)cs2)CCCCC1. The van der Waals surface area contributed by atoms with E-state index in [1.165, 1.54) is 23.1 Å². The lowest BCUT2D eigenvalue weighted by Crippen LogP contribution is -2.46. The van der Waals surface area contributed by atoms with Crippen LogP contribution in [-0.4, -0.2) is 28.5 Å². The minimum Gasteiger partial charge on any atom is -0.476 e. The number of rotatable bonds is 6. The highest BCUT2D eigenvalue weighted by Crippen LogP contribution is 2.41. The third-order valence-corrected chi connectivity index (χ3v) is 6.11. The van der Waals surface area contributed by atoms with E-state index in [1.807, 2.05) is 12.1 Å². The van der Waals surface area contributed by atoms with Crippen LogP contribution in [0, 0.1) is 6.92 Å². The zero-order valence-electron chi connectivity index (χ0n) is 15.0. The van der Waals surface area contributed by atoms with Gasteiger partial charge in [-0.2, -0.15) is 0 Å². The summed E-state index contributed by atoms with van der Waals surface area (Å²) in [6.45, 7) is 2.54. The predicted molar refractivity (Wildman–Crippen MR) is 102 cm³/mol. The van der Waals surface area contributed by atoms with Crippen molar-refractivity contribution in [1.29, 1.82) is 0 Å². The Balaban J connectivity index is 1.70. The van der Waals surface area contributed by atoms with E-state index >= 15 is 0 Å². The van der Waals surface area contributed by atoms with Crippen molar-refractivity contribution in [3.05, 3.63) is 51.5 Å². The standard InChI is InChI=1S/C20H24N2O3S/c1-14-7-3-4-8-15(14)20(10-5-2-6-11-20)19(25)21-12-9-17-22-16(13-26-17)18(23)24/h3-4,7-8,13H,2,5-6,9-12H2,1H3,(H,21,25)(H,23,24). The molecule has 1 heterocycles. The number of amides is 1. The van der Waals surface area contributed by atoms with Gasteiger partial charge in [0.2, 0.25) is 5.91 Å². The first-order valence-corrected chi connectivity index (χ1v) is 9.93. The normalized spacial score (nSPS) is 16.2. The quantitative estimate of drug-likeness (QED) is 0.810. The highest BCUT2D eigenvalue weighted by molar-refractivity contribution is 7.09. The molecule has 1 fully saturated rings.